The zero-order chi connectivity index (χ0) is 14.0. The van der Waals surface area contributed by atoms with E-state index in [-0.39, 0.29) is 11.5 Å². The van der Waals surface area contributed by atoms with Gasteiger partial charge >= 0.3 is 5.97 Å². The molecular formula is C16H23NO2. The molecule has 3 heteroatoms. The van der Waals surface area contributed by atoms with Crippen LogP contribution in [0.1, 0.15) is 39.2 Å². The van der Waals surface area contributed by atoms with Gasteiger partial charge in [0.15, 0.2) is 0 Å². The number of aryl methyl sites for hydroxylation is 1. The fourth-order valence-corrected chi connectivity index (χ4v) is 3.13. The SMILES string of the molecule is CCc1ccccc1N1CCC(C(=O)O)CC1(C)C. The first-order valence-electron chi connectivity index (χ1n) is 7.04. The van der Waals surface area contributed by atoms with Crippen LogP contribution in [0.2, 0.25) is 0 Å². The van der Waals surface area contributed by atoms with E-state index < -0.39 is 5.97 Å². The van der Waals surface area contributed by atoms with Gasteiger partial charge in [0, 0.05) is 17.8 Å². The summed E-state index contributed by atoms with van der Waals surface area (Å²) >= 11 is 0. The van der Waals surface area contributed by atoms with E-state index in [9.17, 15) is 9.90 Å². The van der Waals surface area contributed by atoms with Crippen LogP contribution in [0.15, 0.2) is 24.3 Å². The first-order chi connectivity index (χ1) is 8.95. The molecule has 1 atom stereocenters. The van der Waals surface area contributed by atoms with Gasteiger partial charge in [-0.05, 0) is 44.7 Å². The second-order valence-electron chi connectivity index (χ2n) is 5.97. The Kier molecular flexibility index (Phi) is 3.83. The average molecular weight is 261 g/mol. The number of rotatable bonds is 3. The van der Waals surface area contributed by atoms with Crippen LogP contribution in [-0.2, 0) is 11.2 Å². The minimum atomic E-state index is -0.656. The molecule has 1 heterocycles. The number of nitrogens with zero attached hydrogens (tertiary/aromatic N) is 1. The summed E-state index contributed by atoms with van der Waals surface area (Å²) in [6.45, 7) is 7.28. The van der Waals surface area contributed by atoms with Gasteiger partial charge in [-0.25, -0.2) is 0 Å². The zero-order valence-electron chi connectivity index (χ0n) is 12.0. The van der Waals surface area contributed by atoms with Crippen LogP contribution in [0.5, 0.6) is 0 Å². The Morgan fingerprint density at radius 1 is 1.42 bits per heavy atom. The maximum atomic E-state index is 11.2. The Hall–Kier alpha value is -1.51. The summed E-state index contributed by atoms with van der Waals surface area (Å²) in [5, 5.41) is 9.21. The Morgan fingerprint density at radius 2 is 2.11 bits per heavy atom. The van der Waals surface area contributed by atoms with Crippen molar-refractivity contribution in [2.75, 3.05) is 11.4 Å². The van der Waals surface area contributed by atoms with Gasteiger partial charge in [-0.15, -0.1) is 0 Å². The van der Waals surface area contributed by atoms with E-state index in [1.54, 1.807) is 0 Å². The van der Waals surface area contributed by atoms with E-state index in [0.29, 0.717) is 6.42 Å². The molecule has 0 aromatic heterocycles. The van der Waals surface area contributed by atoms with Crippen LogP contribution >= 0.6 is 0 Å². The third-order valence-corrected chi connectivity index (χ3v) is 4.19. The first kappa shape index (κ1) is 13.9. The van der Waals surface area contributed by atoms with Crippen LogP contribution in [0.3, 0.4) is 0 Å². The van der Waals surface area contributed by atoms with Crippen molar-refractivity contribution in [3.8, 4) is 0 Å². The van der Waals surface area contributed by atoms with Crippen molar-refractivity contribution in [1.82, 2.24) is 0 Å². The van der Waals surface area contributed by atoms with Gasteiger partial charge < -0.3 is 10.0 Å². The molecule has 104 valence electrons. The second-order valence-corrected chi connectivity index (χ2v) is 5.97. The summed E-state index contributed by atoms with van der Waals surface area (Å²) in [4.78, 5) is 13.6. The van der Waals surface area contributed by atoms with Crippen molar-refractivity contribution in [2.45, 2.75) is 45.6 Å². The van der Waals surface area contributed by atoms with E-state index in [1.165, 1.54) is 11.3 Å². The lowest BCUT2D eigenvalue weighted by atomic mass is 9.82. The number of hydrogen-bond acceptors (Lipinski definition) is 2. The lowest BCUT2D eigenvalue weighted by Crippen LogP contribution is -2.51. The van der Waals surface area contributed by atoms with Crippen molar-refractivity contribution in [3.05, 3.63) is 29.8 Å². The number of carbonyl (C=O) groups is 1. The minimum Gasteiger partial charge on any atom is -0.481 e. The monoisotopic (exact) mass is 261 g/mol. The summed E-state index contributed by atoms with van der Waals surface area (Å²) in [6, 6.07) is 8.45. The summed E-state index contributed by atoms with van der Waals surface area (Å²) < 4.78 is 0. The highest BCUT2D eigenvalue weighted by Crippen LogP contribution is 2.37. The first-order valence-corrected chi connectivity index (χ1v) is 7.04. The van der Waals surface area contributed by atoms with E-state index in [0.717, 1.165) is 19.4 Å². The zero-order valence-corrected chi connectivity index (χ0v) is 12.0. The summed E-state index contributed by atoms with van der Waals surface area (Å²) in [6.07, 6.45) is 2.45. The Balaban J connectivity index is 2.28. The Morgan fingerprint density at radius 3 is 2.68 bits per heavy atom. The molecule has 1 aliphatic rings. The molecule has 1 fully saturated rings. The van der Waals surface area contributed by atoms with Crippen LogP contribution in [-0.4, -0.2) is 23.2 Å². The Labute approximate surface area is 115 Å². The van der Waals surface area contributed by atoms with Crippen LogP contribution in [0.4, 0.5) is 5.69 Å². The van der Waals surface area contributed by atoms with Crippen molar-refractivity contribution >= 4 is 11.7 Å². The van der Waals surface area contributed by atoms with Crippen molar-refractivity contribution in [3.63, 3.8) is 0 Å². The van der Waals surface area contributed by atoms with Crippen LogP contribution in [0, 0.1) is 5.92 Å². The van der Waals surface area contributed by atoms with E-state index in [1.807, 2.05) is 0 Å². The van der Waals surface area contributed by atoms with Gasteiger partial charge in [-0.2, -0.15) is 0 Å². The smallest absolute Gasteiger partial charge is 0.306 e. The van der Waals surface area contributed by atoms with E-state index in [2.05, 4.69) is 49.9 Å². The molecule has 1 aromatic carbocycles. The highest BCUT2D eigenvalue weighted by molar-refractivity contribution is 5.71. The number of hydrogen-bond donors (Lipinski definition) is 1. The quantitative estimate of drug-likeness (QED) is 0.907. The molecular weight excluding hydrogens is 238 g/mol. The van der Waals surface area contributed by atoms with Gasteiger partial charge in [-0.3, -0.25) is 4.79 Å². The highest BCUT2D eigenvalue weighted by Gasteiger charge is 2.38. The summed E-state index contributed by atoms with van der Waals surface area (Å²) in [7, 11) is 0. The molecule has 1 aliphatic heterocycles. The molecule has 2 rings (SSSR count). The molecule has 1 unspecified atom stereocenters. The van der Waals surface area contributed by atoms with Crippen molar-refractivity contribution in [1.29, 1.82) is 0 Å². The second kappa shape index (κ2) is 5.24. The fraction of sp³-hybridized carbons (Fsp3) is 0.562. The molecule has 19 heavy (non-hydrogen) atoms. The van der Waals surface area contributed by atoms with Crippen molar-refractivity contribution in [2.24, 2.45) is 5.92 Å². The standard InChI is InChI=1S/C16H23NO2/c1-4-12-7-5-6-8-14(12)17-10-9-13(15(18)19)11-16(17,2)3/h5-8,13H,4,9-11H2,1-3H3,(H,18,19). The van der Waals surface area contributed by atoms with Crippen molar-refractivity contribution < 1.29 is 9.90 Å². The molecule has 1 saturated heterocycles. The summed E-state index contributed by atoms with van der Waals surface area (Å²) in [5.74, 6) is -0.864. The molecule has 0 spiro atoms. The van der Waals surface area contributed by atoms with Crippen LogP contribution < -0.4 is 4.90 Å². The van der Waals surface area contributed by atoms with Crippen LogP contribution in [0.25, 0.3) is 0 Å². The Bertz CT molecular complexity index is 468. The minimum absolute atomic E-state index is 0.105. The maximum Gasteiger partial charge on any atom is 0.306 e. The normalized spacial score (nSPS) is 22.3. The highest BCUT2D eigenvalue weighted by atomic mass is 16.4. The number of aliphatic carboxylic acids is 1. The molecule has 0 bridgehead atoms. The molecule has 0 saturated carbocycles. The molecule has 1 aromatic rings. The van der Waals surface area contributed by atoms with Gasteiger partial charge in [-0.1, -0.05) is 25.1 Å². The van der Waals surface area contributed by atoms with Gasteiger partial charge in [0.05, 0.1) is 5.92 Å². The molecule has 0 amide bonds. The number of carboxylic acid groups (broad SMARTS) is 1. The number of para-hydroxylation sites is 1. The predicted octanol–water partition coefficient (Wildman–Crippen LogP) is 3.33. The third kappa shape index (κ3) is 2.75. The molecule has 3 nitrogen and oxygen atoms in total. The predicted molar refractivity (Wildman–Crippen MR) is 77.6 cm³/mol. The topological polar surface area (TPSA) is 40.5 Å². The number of piperidine rings is 1. The number of benzene rings is 1. The van der Waals surface area contributed by atoms with Gasteiger partial charge in [0.2, 0.25) is 0 Å². The molecule has 0 radical (unpaired) electrons. The average Bonchev–Trinajstić information content (AvgIpc) is 2.37. The maximum absolute atomic E-state index is 11.2. The van der Waals surface area contributed by atoms with E-state index in [4.69, 9.17) is 0 Å². The number of carboxylic acids is 1. The van der Waals surface area contributed by atoms with Gasteiger partial charge in [0.25, 0.3) is 0 Å². The van der Waals surface area contributed by atoms with Gasteiger partial charge in [0.1, 0.15) is 0 Å². The molecule has 1 N–H and O–H groups in total. The lowest BCUT2D eigenvalue weighted by molar-refractivity contribution is -0.143. The third-order valence-electron chi connectivity index (χ3n) is 4.19. The lowest BCUT2D eigenvalue weighted by Gasteiger charge is -2.47. The number of anilines is 1. The fourth-order valence-electron chi connectivity index (χ4n) is 3.13. The summed E-state index contributed by atoms with van der Waals surface area (Å²) in [5.41, 5.74) is 2.50. The van der Waals surface area contributed by atoms with E-state index >= 15 is 0 Å². The molecule has 0 aliphatic carbocycles. The largest absolute Gasteiger partial charge is 0.481 e.